The third-order valence-corrected chi connectivity index (χ3v) is 1.88. The van der Waals surface area contributed by atoms with E-state index in [-0.39, 0.29) is 6.54 Å². The number of hydrogen-bond donors (Lipinski definition) is 2. The Bertz CT molecular complexity index is 184. The first-order valence-corrected chi connectivity index (χ1v) is 4.60. The van der Waals surface area contributed by atoms with Crippen molar-refractivity contribution in [2.75, 3.05) is 6.54 Å². The fraction of sp³-hybridized carbons (Fsp3) is 0.750. The van der Waals surface area contributed by atoms with Crippen LogP contribution in [-0.4, -0.2) is 28.9 Å². The minimum atomic E-state index is -0.987. The van der Waals surface area contributed by atoms with E-state index in [1.54, 1.807) is 0 Å². The molecule has 2 N–H and O–H groups in total. The van der Waals surface area contributed by atoms with Crippen LogP contribution < -0.4 is 5.32 Å². The largest absolute Gasteiger partial charge is 0.480 e. The van der Waals surface area contributed by atoms with Gasteiger partial charge < -0.3 is 5.11 Å². The van der Waals surface area contributed by atoms with Gasteiger partial charge in [-0.2, -0.15) is 0 Å². The lowest BCUT2D eigenvalue weighted by molar-refractivity contribution is -0.136. The SMILES string of the molecule is CCCCC(NCC(=O)O)C(=O)Cl. The first kappa shape index (κ1) is 12.4. The number of rotatable bonds is 7. The van der Waals surface area contributed by atoms with Gasteiger partial charge in [-0.25, -0.2) is 0 Å². The van der Waals surface area contributed by atoms with Crippen LogP contribution >= 0.6 is 11.6 Å². The number of carboxylic acids is 1. The summed E-state index contributed by atoms with van der Waals surface area (Å²) in [5.41, 5.74) is 0. The highest BCUT2D eigenvalue weighted by Crippen LogP contribution is 2.03. The van der Waals surface area contributed by atoms with Crippen LogP contribution in [0.15, 0.2) is 0 Å². The molecular formula is C8H14ClNO3. The van der Waals surface area contributed by atoms with Crippen molar-refractivity contribution in [1.29, 1.82) is 0 Å². The zero-order chi connectivity index (χ0) is 10.3. The summed E-state index contributed by atoms with van der Waals surface area (Å²) in [6.07, 6.45) is 2.40. The first-order valence-electron chi connectivity index (χ1n) is 4.22. The molecule has 0 rings (SSSR count). The highest BCUT2D eigenvalue weighted by molar-refractivity contribution is 6.64. The van der Waals surface area contributed by atoms with Crippen LogP contribution in [0.3, 0.4) is 0 Å². The molecule has 0 saturated heterocycles. The summed E-state index contributed by atoms with van der Waals surface area (Å²) >= 11 is 5.27. The van der Waals surface area contributed by atoms with Crippen molar-refractivity contribution in [3.8, 4) is 0 Å². The van der Waals surface area contributed by atoms with Gasteiger partial charge in [0.05, 0.1) is 12.6 Å². The van der Waals surface area contributed by atoms with Crippen LogP contribution in [-0.2, 0) is 9.59 Å². The summed E-state index contributed by atoms with van der Waals surface area (Å²) in [5.74, 6) is -0.987. The molecule has 1 unspecified atom stereocenters. The number of nitrogens with one attached hydrogen (secondary N) is 1. The van der Waals surface area contributed by atoms with Gasteiger partial charge >= 0.3 is 5.97 Å². The van der Waals surface area contributed by atoms with Crippen LogP contribution in [0.4, 0.5) is 0 Å². The van der Waals surface area contributed by atoms with E-state index in [0.717, 1.165) is 12.8 Å². The lowest BCUT2D eigenvalue weighted by Crippen LogP contribution is -2.37. The number of carboxylic acid groups (broad SMARTS) is 1. The zero-order valence-corrected chi connectivity index (χ0v) is 8.30. The summed E-state index contributed by atoms with van der Waals surface area (Å²) in [5, 5.41) is 10.4. The quantitative estimate of drug-likeness (QED) is 0.611. The summed E-state index contributed by atoms with van der Waals surface area (Å²) in [4.78, 5) is 21.0. The Morgan fingerprint density at radius 1 is 1.54 bits per heavy atom. The predicted octanol–water partition coefficient (Wildman–Crippen LogP) is 0.985. The third kappa shape index (κ3) is 6.54. The van der Waals surface area contributed by atoms with E-state index in [1.807, 2.05) is 6.92 Å². The Labute approximate surface area is 82.3 Å². The summed E-state index contributed by atoms with van der Waals surface area (Å²) < 4.78 is 0. The fourth-order valence-corrected chi connectivity index (χ4v) is 1.10. The van der Waals surface area contributed by atoms with Gasteiger partial charge in [-0.15, -0.1) is 0 Å². The van der Waals surface area contributed by atoms with Crippen LogP contribution in [0.2, 0.25) is 0 Å². The number of unbranched alkanes of at least 4 members (excludes halogenated alkanes) is 1. The normalized spacial score (nSPS) is 12.5. The standard InChI is InChI=1S/C8H14ClNO3/c1-2-3-4-6(8(9)13)10-5-7(11)12/h6,10H,2-5H2,1H3,(H,11,12). The smallest absolute Gasteiger partial charge is 0.317 e. The van der Waals surface area contributed by atoms with Gasteiger partial charge in [0.25, 0.3) is 0 Å². The van der Waals surface area contributed by atoms with Crippen LogP contribution in [0.1, 0.15) is 26.2 Å². The predicted molar refractivity (Wildman–Crippen MR) is 49.8 cm³/mol. The van der Waals surface area contributed by atoms with Gasteiger partial charge in [-0.1, -0.05) is 19.8 Å². The van der Waals surface area contributed by atoms with Gasteiger partial charge in [0, 0.05) is 0 Å². The zero-order valence-electron chi connectivity index (χ0n) is 7.55. The second-order valence-corrected chi connectivity index (χ2v) is 3.15. The molecule has 0 aliphatic heterocycles. The van der Waals surface area contributed by atoms with Crippen molar-refractivity contribution >= 4 is 22.8 Å². The number of aliphatic carboxylic acids is 1. The maximum atomic E-state index is 10.8. The average molecular weight is 208 g/mol. The van der Waals surface area contributed by atoms with Gasteiger partial charge in [0.15, 0.2) is 0 Å². The van der Waals surface area contributed by atoms with Gasteiger partial charge in [0.2, 0.25) is 5.24 Å². The lowest BCUT2D eigenvalue weighted by atomic mass is 10.1. The summed E-state index contributed by atoms with van der Waals surface area (Å²) in [6, 6.07) is -0.530. The van der Waals surface area contributed by atoms with E-state index >= 15 is 0 Å². The molecule has 0 aromatic carbocycles. The van der Waals surface area contributed by atoms with Crippen molar-refractivity contribution in [3.63, 3.8) is 0 Å². The Balaban J connectivity index is 3.80. The molecule has 5 heteroatoms. The van der Waals surface area contributed by atoms with Crippen LogP contribution in [0.25, 0.3) is 0 Å². The van der Waals surface area contributed by atoms with Gasteiger partial charge in [-0.05, 0) is 18.0 Å². The highest BCUT2D eigenvalue weighted by atomic mass is 35.5. The van der Waals surface area contributed by atoms with Crippen LogP contribution in [0.5, 0.6) is 0 Å². The molecule has 0 aliphatic rings. The number of hydrogen-bond acceptors (Lipinski definition) is 3. The molecule has 1 atom stereocenters. The summed E-state index contributed by atoms with van der Waals surface area (Å²) in [7, 11) is 0. The molecule has 0 amide bonds. The number of carbonyl (C=O) groups excluding carboxylic acids is 1. The summed E-state index contributed by atoms with van der Waals surface area (Å²) in [6.45, 7) is 1.76. The van der Waals surface area contributed by atoms with Gasteiger partial charge in [-0.3, -0.25) is 14.9 Å². The molecule has 76 valence electrons. The Morgan fingerprint density at radius 2 is 2.15 bits per heavy atom. The van der Waals surface area contributed by atoms with E-state index in [2.05, 4.69) is 5.32 Å². The molecule has 0 bridgehead atoms. The molecule has 4 nitrogen and oxygen atoms in total. The molecule has 0 aromatic heterocycles. The maximum Gasteiger partial charge on any atom is 0.317 e. The molecule has 0 saturated carbocycles. The molecule has 0 aliphatic carbocycles. The van der Waals surface area contributed by atoms with Crippen molar-refractivity contribution in [2.45, 2.75) is 32.2 Å². The Morgan fingerprint density at radius 3 is 2.54 bits per heavy atom. The molecule has 0 heterocycles. The van der Waals surface area contributed by atoms with Crippen molar-refractivity contribution in [1.82, 2.24) is 5.32 Å². The highest BCUT2D eigenvalue weighted by Gasteiger charge is 2.15. The Hall–Kier alpha value is -0.610. The number of halogens is 1. The van der Waals surface area contributed by atoms with Crippen molar-refractivity contribution < 1.29 is 14.7 Å². The van der Waals surface area contributed by atoms with E-state index < -0.39 is 17.3 Å². The van der Waals surface area contributed by atoms with Crippen molar-refractivity contribution in [3.05, 3.63) is 0 Å². The second-order valence-electron chi connectivity index (χ2n) is 2.77. The van der Waals surface area contributed by atoms with Crippen LogP contribution in [0, 0.1) is 0 Å². The maximum absolute atomic E-state index is 10.8. The molecule has 0 radical (unpaired) electrons. The minimum Gasteiger partial charge on any atom is -0.480 e. The Kier molecular flexibility index (Phi) is 6.54. The van der Waals surface area contributed by atoms with E-state index in [1.165, 1.54) is 0 Å². The van der Waals surface area contributed by atoms with E-state index in [0.29, 0.717) is 6.42 Å². The molecular weight excluding hydrogens is 194 g/mol. The molecule has 0 spiro atoms. The molecule has 0 fully saturated rings. The third-order valence-electron chi connectivity index (χ3n) is 1.62. The number of carbonyl (C=O) groups is 2. The second kappa shape index (κ2) is 6.86. The molecule has 0 aromatic rings. The van der Waals surface area contributed by atoms with E-state index in [4.69, 9.17) is 16.7 Å². The average Bonchev–Trinajstić information content (AvgIpc) is 2.03. The van der Waals surface area contributed by atoms with Gasteiger partial charge in [0.1, 0.15) is 0 Å². The topological polar surface area (TPSA) is 66.4 Å². The lowest BCUT2D eigenvalue weighted by Gasteiger charge is -2.11. The molecule has 13 heavy (non-hydrogen) atoms. The monoisotopic (exact) mass is 207 g/mol. The van der Waals surface area contributed by atoms with Crippen molar-refractivity contribution in [2.24, 2.45) is 0 Å². The first-order chi connectivity index (χ1) is 6.07. The fourth-order valence-electron chi connectivity index (χ4n) is 0.915. The van der Waals surface area contributed by atoms with E-state index in [9.17, 15) is 9.59 Å². The minimum absolute atomic E-state index is 0.229.